The molecule has 2 unspecified atom stereocenters. The summed E-state index contributed by atoms with van der Waals surface area (Å²) in [4.78, 5) is 63.7. The molecule has 2 amide bonds. The summed E-state index contributed by atoms with van der Waals surface area (Å²) in [5.41, 5.74) is -19.2. The molecule has 2 aliphatic rings. The molecule has 2 aromatic heterocycles. The highest BCUT2D eigenvalue weighted by Crippen LogP contribution is 2.35. The third-order valence-corrected chi connectivity index (χ3v) is 15.3. The summed E-state index contributed by atoms with van der Waals surface area (Å²) in [6, 6.07) is -7.94. The molecule has 508 valence electrons. The Labute approximate surface area is 620 Å². The van der Waals surface area contributed by atoms with Gasteiger partial charge in [0.2, 0.25) is 11.8 Å². The standard InChI is InChI=1S/2C37H40F4N4O2S/c1-4-43(5-2)18-19-44(22-26-6-10-28(11-7-26)29-12-14-30(15-13-29)37(39,40)41)34(46)23-45-33-21-25(3)20-32(33)35(47)42-36(45)48-24-27-8-16-31(38)17-9-27;1-4-43(5-2)21-22-44(25(3)27-11-13-28(14-12-27)29-15-17-30(18-16-29)37(39,40)41)34(46)23-45-33-8-6-7-32(33)35(47)42-36(45)48-24-26-9-19-31(38)20-10-26/h6-17,25H,4-5,18-24H2,1-3H3;9-20,25H,4-8,21-24H2,1-3H3/i4D2,5D2,6D,7D,10D,11D,12D,13D,14D,15D,18D2,19D2,20D2,21D2,22D2,24D2,25D;4D2,5D2,9D,10D,19D,20D,21D2,22D2,24D2,25D. The molecule has 0 radical (unpaired) electrons. The van der Waals surface area contributed by atoms with Gasteiger partial charge in [0.15, 0.2) is 10.3 Å². The van der Waals surface area contributed by atoms with Crippen LogP contribution in [0.4, 0.5) is 35.1 Å². The second kappa shape index (κ2) is 32.9. The quantitative estimate of drug-likeness (QED) is 0.0295. The predicted octanol–water partition coefficient (Wildman–Crippen LogP) is 15.2. The molecule has 0 aliphatic heterocycles. The molecule has 0 saturated heterocycles. The summed E-state index contributed by atoms with van der Waals surface area (Å²) in [6.07, 6.45) is -16.4. The fraction of sp³-hybridized carbons (Fsp3) is 0.378. The van der Waals surface area contributed by atoms with Crippen LogP contribution >= 0.6 is 23.5 Å². The zero-order valence-electron chi connectivity index (χ0n) is 91.0. The number of carbonyl (C=O) groups excluding carboxylic acids is 2. The second-order valence-corrected chi connectivity index (χ2v) is 21.4. The molecule has 8 aromatic rings. The number of hydrogen-bond donors (Lipinski definition) is 0. The van der Waals surface area contributed by atoms with E-state index in [9.17, 15) is 59.1 Å². The summed E-state index contributed by atoms with van der Waals surface area (Å²) >= 11 is -0.105. The van der Waals surface area contributed by atoms with E-state index in [-0.39, 0.29) is 67.6 Å². The Balaban J connectivity index is 0.000000308. The van der Waals surface area contributed by atoms with E-state index in [4.69, 9.17) is 45.2 Å². The Hall–Kier alpha value is -7.92. The number of aromatic nitrogens is 4. The van der Waals surface area contributed by atoms with Gasteiger partial charge in [0.1, 0.15) is 24.7 Å². The molecule has 10 rings (SSSR count). The van der Waals surface area contributed by atoms with E-state index in [1.165, 1.54) is 36.4 Å². The Bertz CT molecular complexity index is 6070. The zero-order chi connectivity index (χ0) is 104. The molecule has 96 heavy (non-hydrogen) atoms. The molecule has 22 heteroatoms. The second-order valence-electron chi connectivity index (χ2n) is 19.9. The lowest BCUT2D eigenvalue weighted by atomic mass is 9.99. The third-order valence-electron chi connectivity index (χ3n) is 13.6. The van der Waals surface area contributed by atoms with Gasteiger partial charge in [-0.3, -0.25) is 19.2 Å². The summed E-state index contributed by atoms with van der Waals surface area (Å²) in [7, 11) is 0. The number of likely N-dealkylation sites (N-methyl/N-ethyl adjacent to an activating group) is 2. The molecule has 2 heterocycles. The molecular formula is C74H80F8N8O4S2. The Morgan fingerprint density at radius 3 is 1.66 bits per heavy atom. The smallest absolute Gasteiger partial charge is 0.336 e. The molecule has 2 aliphatic carbocycles. The number of benzene rings is 6. The lowest BCUT2D eigenvalue weighted by molar-refractivity contribution is -0.138. The molecule has 0 N–H and O–H groups in total. The van der Waals surface area contributed by atoms with E-state index >= 15 is 4.79 Å². The van der Waals surface area contributed by atoms with Crippen LogP contribution < -0.4 is 11.1 Å². The maximum Gasteiger partial charge on any atom is 0.416 e. The fourth-order valence-electron chi connectivity index (χ4n) is 8.91. The van der Waals surface area contributed by atoms with Gasteiger partial charge in [-0.2, -0.15) is 36.3 Å². The van der Waals surface area contributed by atoms with E-state index in [1.54, 1.807) is 0 Å². The number of halogens is 8. The van der Waals surface area contributed by atoms with Gasteiger partial charge in [0, 0.05) is 95.2 Å². The van der Waals surface area contributed by atoms with Crippen molar-refractivity contribution in [3.05, 3.63) is 234 Å². The van der Waals surface area contributed by atoms with Crippen molar-refractivity contribution in [2.75, 3.05) is 52.0 Å². The van der Waals surface area contributed by atoms with E-state index in [0.29, 0.717) is 38.3 Å². The highest BCUT2D eigenvalue weighted by Gasteiger charge is 2.33. The Morgan fingerprint density at radius 2 is 1.09 bits per heavy atom. The molecule has 6 aromatic carbocycles. The first-order chi connectivity index (χ1) is 61.1. The third kappa shape index (κ3) is 18.8. The number of thioether (sulfide) groups is 2. The first-order valence-electron chi connectivity index (χ1n) is 48.1. The van der Waals surface area contributed by atoms with Crippen LogP contribution in [0.15, 0.2) is 165 Å². The molecule has 0 fully saturated rings. The number of amides is 2. The predicted molar refractivity (Wildman–Crippen MR) is 362 cm³/mol. The lowest BCUT2D eigenvalue weighted by Crippen LogP contribution is -2.42. The maximum atomic E-state index is 15.3. The number of fused-ring (bicyclic) bond motifs is 2. The van der Waals surface area contributed by atoms with Crippen molar-refractivity contribution < 1.29 is 99.5 Å². The highest BCUT2D eigenvalue weighted by molar-refractivity contribution is 7.98. The van der Waals surface area contributed by atoms with Crippen molar-refractivity contribution in [3.63, 3.8) is 0 Å². The van der Waals surface area contributed by atoms with E-state index in [0.717, 1.165) is 61.7 Å². The van der Waals surface area contributed by atoms with Crippen molar-refractivity contribution in [3.8, 4) is 22.3 Å². The van der Waals surface area contributed by atoms with Crippen LogP contribution in [-0.4, -0.2) is 102 Å². The summed E-state index contributed by atoms with van der Waals surface area (Å²) < 4.78 is 459. The van der Waals surface area contributed by atoms with Crippen molar-refractivity contribution in [1.29, 1.82) is 0 Å². The van der Waals surface area contributed by atoms with E-state index in [2.05, 4.69) is 9.97 Å². The topological polar surface area (TPSA) is 117 Å². The molecular weight excluding hydrogens is 1280 g/mol. The Morgan fingerprint density at radius 1 is 0.594 bits per heavy atom. The number of rotatable bonds is 26. The lowest BCUT2D eigenvalue weighted by Gasteiger charge is -2.33. The number of hydrogen-bond acceptors (Lipinski definition) is 10. The van der Waals surface area contributed by atoms with Crippen molar-refractivity contribution >= 4 is 35.3 Å². The van der Waals surface area contributed by atoms with Crippen LogP contribution in [-0.2, 0) is 78.5 Å². The molecule has 0 spiro atoms. The average Bonchev–Trinajstić information content (AvgIpc) is 1.50. The zero-order valence-corrected chi connectivity index (χ0v) is 52.6. The van der Waals surface area contributed by atoms with Gasteiger partial charge in [0.05, 0.1) is 43.2 Å². The van der Waals surface area contributed by atoms with Crippen LogP contribution in [0.2, 0.25) is 0 Å². The van der Waals surface area contributed by atoms with Gasteiger partial charge in [-0.25, -0.2) is 8.78 Å². The average molecular weight is 1400 g/mol. The van der Waals surface area contributed by atoms with Gasteiger partial charge in [-0.05, 0) is 164 Å². The van der Waals surface area contributed by atoms with Gasteiger partial charge in [-0.15, -0.1) is 0 Å². The number of alkyl halides is 6. The van der Waals surface area contributed by atoms with Crippen molar-refractivity contribution in [1.82, 2.24) is 38.7 Å². The number of nitrogens with zero attached hydrogens (tertiary/aromatic N) is 8. The SMILES string of the molecule is [2H]c1c([2H])c(C(F)(F)F)c([2H])c([2H])c1-c1c([2H])c([2H])c(C([2H])([2H])N(C(=O)Cn2c(SC([2H])([2H])c3ccc(F)cc3)nc(=O)c3c2C([2H])([2H])C([2H])(C)C3([2H])[2H])C([2H])([2H])C([2H])([2H])N(C([2H])([2H])C)C([2H])([2H])C)c([2H])c1[2H].[2H]c1c([2H])c(C([2H])([2H])Sc2nc(=O)c3c(n2CC(=O)N(C([2H])(C)c2ccc(-c4ccc(C(F)(F)F)cc4)cc2)C([2H])([2H])C([2H])([2H])N(C([2H])([2H])C)C([2H])([2H])C)CCC3)c([2H])c([2H])c1F. The fourth-order valence-corrected chi connectivity index (χ4v) is 10.4. The Kier molecular flexibility index (Phi) is 12.4. The van der Waals surface area contributed by atoms with Gasteiger partial charge in [-0.1, -0.05) is 155 Å². The first kappa shape index (κ1) is 36.1. The van der Waals surface area contributed by atoms with Gasteiger partial charge >= 0.3 is 12.4 Å². The first-order valence-corrected chi connectivity index (χ1v) is 29.8. The van der Waals surface area contributed by atoms with E-state index in [1.807, 2.05) is 0 Å². The van der Waals surface area contributed by atoms with E-state index < -0.39 is 297 Å². The minimum atomic E-state index is -5.51. The normalized spacial score (nSPS) is 23.8. The van der Waals surface area contributed by atoms with Crippen LogP contribution in [0, 0.1) is 17.5 Å². The molecule has 0 saturated carbocycles. The summed E-state index contributed by atoms with van der Waals surface area (Å²) in [6.45, 7) is -32.6. The summed E-state index contributed by atoms with van der Waals surface area (Å²) in [5, 5.41) is -1.73. The van der Waals surface area contributed by atoms with Crippen LogP contribution in [0.1, 0.15) is 165 Å². The van der Waals surface area contributed by atoms with Crippen molar-refractivity contribution in [2.24, 2.45) is 5.89 Å². The maximum absolute atomic E-state index is 15.3. The largest absolute Gasteiger partial charge is 0.416 e. The highest BCUT2D eigenvalue weighted by atomic mass is 32.2. The molecule has 12 nitrogen and oxygen atoms in total. The summed E-state index contributed by atoms with van der Waals surface area (Å²) in [5.74, 6) is -9.21. The molecule has 2 atom stereocenters. The van der Waals surface area contributed by atoms with Gasteiger partial charge in [0.25, 0.3) is 11.1 Å². The van der Waals surface area contributed by atoms with Crippen LogP contribution in [0.3, 0.4) is 0 Å². The minimum absolute atomic E-state index is 0.0421. The minimum Gasteiger partial charge on any atom is -0.336 e. The molecule has 0 bridgehead atoms. The number of carbonyl (C=O) groups is 2. The monoisotopic (exact) mass is 1400 g/mol. The van der Waals surface area contributed by atoms with Gasteiger partial charge < -0.3 is 28.7 Å². The van der Waals surface area contributed by atoms with Crippen LogP contribution in [0.5, 0.6) is 0 Å². The van der Waals surface area contributed by atoms with Crippen LogP contribution in [0.25, 0.3) is 22.3 Å². The van der Waals surface area contributed by atoms with Crippen molar-refractivity contribution in [2.45, 2.75) is 133 Å².